The van der Waals surface area contributed by atoms with Crippen LogP contribution in [-0.4, -0.2) is 7.05 Å². The molecule has 3 rings (SSSR count). The predicted molar refractivity (Wildman–Crippen MR) is 85.1 cm³/mol. The number of hydrogen-bond acceptors (Lipinski definition) is 1. The summed E-state index contributed by atoms with van der Waals surface area (Å²) in [7, 11) is 1.89. The van der Waals surface area contributed by atoms with Gasteiger partial charge in [0.05, 0.1) is 6.04 Å². The van der Waals surface area contributed by atoms with E-state index in [1.54, 1.807) is 0 Å². The molecular weight excluding hydrogens is 261 g/mol. The second-order valence-corrected chi connectivity index (χ2v) is 6.00. The van der Waals surface area contributed by atoms with Crippen molar-refractivity contribution >= 4 is 0 Å². The van der Waals surface area contributed by atoms with E-state index in [-0.39, 0.29) is 11.9 Å². The average Bonchev–Trinajstić information content (AvgIpc) is 2.43. The fourth-order valence-electron chi connectivity index (χ4n) is 3.13. The van der Waals surface area contributed by atoms with E-state index in [1.165, 1.54) is 24.8 Å². The third-order valence-electron chi connectivity index (χ3n) is 4.64. The smallest absolute Gasteiger partial charge is 0.131 e. The first-order valence-electron chi connectivity index (χ1n) is 7.73. The molecule has 2 aromatic carbocycles. The fraction of sp³-hybridized carbons (Fsp3) is 0.368. The van der Waals surface area contributed by atoms with E-state index in [1.807, 2.05) is 32.2 Å². The summed E-state index contributed by atoms with van der Waals surface area (Å²) in [5, 5.41) is 3.26. The summed E-state index contributed by atoms with van der Waals surface area (Å²) in [4.78, 5) is 0. The van der Waals surface area contributed by atoms with Crippen molar-refractivity contribution < 1.29 is 4.39 Å². The molecule has 21 heavy (non-hydrogen) atoms. The van der Waals surface area contributed by atoms with Crippen molar-refractivity contribution in [2.45, 2.75) is 38.1 Å². The Morgan fingerprint density at radius 2 is 1.90 bits per heavy atom. The summed E-state index contributed by atoms with van der Waals surface area (Å²) in [6.07, 6.45) is 3.90. The van der Waals surface area contributed by atoms with Crippen molar-refractivity contribution in [2.75, 3.05) is 7.05 Å². The van der Waals surface area contributed by atoms with E-state index in [2.05, 4.69) is 29.6 Å². The van der Waals surface area contributed by atoms with Crippen LogP contribution in [0.3, 0.4) is 0 Å². The number of rotatable bonds is 4. The van der Waals surface area contributed by atoms with Crippen LogP contribution >= 0.6 is 0 Å². The minimum atomic E-state index is -0.106. The van der Waals surface area contributed by atoms with Crippen molar-refractivity contribution in [3.8, 4) is 0 Å². The Labute approximate surface area is 126 Å². The number of aryl methyl sites for hydroxylation is 1. The molecule has 0 bridgehead atoms. The van der Waals surface area contributed by atoms with E-state index < -0.39 is 0 Å². The molecule has 0 radical (unpaired) electrons. The van der Waals surface area contributed by atoms with Crippen LogP contribution in [0.1, 0.15) is 53.5 Å². The topological polar surface area (TPSA) is 12.0 Å². The first-order chi connectivity index (χ1) is 10.2. The van der Waals surface area contributed by atoms with Gasteiger partial charge < -0.3 is 5.32 Å². The minimum absolute atomic E-state index is 0.0927. The maximum Gasteiger partial charge on any atom is 0.131 e. The lowest BCUT2D eigenvalue weighted by atomic mass is 9.79. The van der Waals surface area contributed by atoms with Crippen molar-refractivity contribution in [2.24, 2.45) is 0 Å². The van der Waals surface area contributed by atoms with Gasteiger partial charge in [-0.25, -0.2) is 4.39 Å². The molecule has 0 heterocycles. The highest BCUT2D eigenvalue weighted by Gasteiger charge is 2.22. The summed E-state index contributed by atoms with van der Waals surface area (Å²) in [5.41, 5.74) is 3.96. The van der Waals surface area contributed by atoms with Crippen molar-refractivity contribution in [3.05, 3.63) is 70.5 Å². The molecule has 1 atom stereocenters. The molecule has 0 aliphatic heterocycles. The van der Waals surface area contributed by atoms with Crippen LogP contribution in [-0.2, 0) is 0 Å². The molecule has 1 unspecified atom stereocenters. The molecule has 0 saturated heterocycles. The van der Waals surface area contributed by atoms with Crippen LogP contribution < -0.4 is 5.32 Å². The molecule has 1 aliphatic rings. The Kier molecular flexibility index (Phi) is 4.07. The van der Waals surface area contributed by atoms with Crippen molar-refractivity contribution in [1.82, 2.24) is 5.32 Å². The van der Waals surface area contributed by atoms with Crippen LogP contribution in [0.2, 0.25) is 0 Å². The average molecular weight is 283 g/mol. The molecule has 1 nitrogen and oxygen atoms in total. The first-order valence-corrected chi connectivity index (χ1v) is 7.73. The lowest BCUT2D eigenvalue weighted by Crippen LogP contribution is -2.20. The zero-order chi connectivity index (χ0) is 14.8. The third kappa shape index (κ3) is 2.73. The number of nitrogens with one attached hydrogen (secondary N) is 1. The van der Waals surface area contributed by atoms with E-state index in [9.17, 15) is 4.39 Å². The second kappa shape index (κ2) is 5.98. The zero-order valence-corrected chi connectivity index (χ0v) is 12.7. The lowest BCUT2D eigenvalue weighted by molar-refractivity contribution is 0.419. The molecular formula is C19H22FN. The highest BCUT2D eigenvalue weighted by atomic mass is 19.1. The van der Waals surface area contributed by atoms with E-state index in [0.29, 0.717) is 11.5 Å². The molecule has 1 N–H and O–H groups in total. The SMILES string of the molecule is CNC(c1cccc(C2CCC2)c1)c1cccc(C)c1F. The van der Waals surface area contributed by atoms with Crippen molar-refractivity contribution in [3.63, 3.8) is 0 Å². The van der Waals surface area contributed by atoms with Crippen LogP contribution in [0.4, 0.5) is 4.39 Å². The molecule has 0 aromatic heterocycles. The van der Waals surface area contributed by atoms with E-state index in [4.69, 9.17) is 0 Å². The normalized spacial score (nSPS) is 16.5. The Hall–Kier alpha value is -1.67. The first kappa shape index (κ1) is 14.3. The molecule has 1 aliphatic carbocycles. The van der Waals surface area contributed by atoms with Gasteiger partial charge in [0.15, 0.2) is 0 Å². The monoisotopic (exact) mass is 283 g/mol. The van der Waals surface area contributed by atoms with Gasteiger partial charge >= 0.3 is 0 Å². The lowest BCUT2D eigenvalue weighted by Gasteiger charge is -2.27. The fourth-order valence-corrected chi connectivity index (χ4v) is 3.13. The van der Waals surface area contributed by atoms with Gasteiger partial charge in [0.1, 0.15) is 5.82 Å². The van der Waals surface area contributed by atoms with E-state index in [0.717, 1.165) is 11.1 Å². The summed E-state index contributed by atoms with van der Waals surface area (Å²) >= 11 is 0. The Balaban J connectivity index is 1.97. The number of benzene rings is 2. The molecule has 2 heteroatoms. The minimum Gasteiger partial charge on any atom is -0.309 e. The van der Waals surface area contributed by atoms with Crippen LogP contribution in [0.15, 0.2) is 42.5 Å². The van der Waals surface area contributed by atoms with Gasteiger partial charge in [-0.1, -0.05) is 48.9 Å². The van der Waals surface area contributed by atoms with Gasteiger partial charge in [0.2, 0.25) is 0 Å². The van der Waals surface area contributed by atoms with Crippen LogP contribution in [0, 0.1) is 12.7 Å². The van der Waals surface area contributed by atoms with Gasteiger partial charge in [0.25, 0.3) is 0 Å². The quantitative estimate of drug-likeness (QED) is 0.857. The van der Waals surface area contributed by atoms with Crippen LogP contribution in [0.25, 0.3) is 0 Å². The number of halogens is 1. The molecule has 0 spiro atoms. The van der Waals surface area contributed by atoms with Crippen molar-refractivity contribution in [1.29, 1.82) is 0 Å². The van der Waals surface area contributed by atoms with Gasteiger partial charge in [0, 0.05) is 5.56 Å². The Morgan fingerprint density at radius 1 is 1.14 bits per heavy atom. The predicted octanol–water partition coefficient (Wildman–Crippen LogP) is 4.71. The Bertz CT molecular complexity index is 631. The molecule has 2 aromatic rings. The highest BCUT2D eigenvalue weighted by Crippen LogP contribution is 2.37. The molecule has 1 fully saturated rings. The van der Waals surface area contributed by atoms with Gasteiger partial charge in [-0.05, 0) is 49.4 Å². The second-order valence-electron chi connectivity index (χ2n) is 6.00. The maximum atomic E-state index is 14.4. The highest BCUT2D eigenvalue weighted by molar-refractivity contribution is 5.38. The van der Waals surface area contributed by atoms with Gasteiger partial charge in [-0.3, -0.25) is 0 Å². The van der Waals surface area contributed by atoms with Gasteiger partial charge in [-0.15, -0.1) is 0 Å². The van der Waals surface area contributed by atoms with E-state index >= 15 is 0 Å². The zero-order valence-electron chi connectivity index (χ0n) is 12.7. The molecule has 0 amide bonds. The standard InChI is InChI=1S/C19H22FN/c1-13-6-3-11-17(18(13)20)19(21-2)16-10-5-9-15(12-16)14-7-4-8-14/h3,5-6,9-12,14,19,21H,4,7-8H2,1-2H3. The van der Waals surface area contributed by atoms with Gasteiger partial charge in [-0.2, -0.15) is 0 Å². The Morgan fingerprint density at radius 3 is 2.57 bits per heavy atom. The summed E-state index contributed by atoms with van der Waals surface area (Å²) in [5.74, 6) is 0.593. The third-order valence-corrected chi connectivity index (χ3v) is 4.64. The summed E-state index contributed by atoms with van der Waals surface area (Å²) in [6.45, 7) is 1.82. The molecule has 1 saturated carbocycles. The van der Waals surface area contributed by atoms with Crippen LogP contribution in [0.5, 0.6) is 0 Å². The summed E-state index contributed by atoms with van der Waals surface area (Å²) < 4.78 is 14.4. The summed E-state index contributed by atoms with van der Waals surface area (Å²) in [6, 6.07) is 14.2. The maximum absolute atomic E-state index is 14.4. The largest absolute Gasteiger partial charge is 0.309 e. The molecule has 110 valence electrons. The number of hydrogen-bond donors (Lipinski definition) is 1.